The van der Waals surface area contributed by atoms with Crippen LogP contribution >= 0.6 is 11.6 Å². The Morgan fingerprint density at radius 1 is 1.23 bits per heavy atom. The van der Waals surface area contributed by atoms with Crippen molar-refractivity contribution >= 4 is 34.4 Å². The van der Waals surface area contributed by atoms with Gasteiger partial charge in [0.05, 0.1) is 5.39 Å². The molecule has 6 nitrogen and oxygen atoms in total. The second kappa shape index (κ2) is 7.91. The van der Waals surface area contributed by atoms with E-state index < -0.39 is 17.5 Å². The van der Waals surface area contributed by atoms with Crippen LogP contribution in [0.5, 0.6) is 0 Å². The molecule has 0 spiro atoms. The molecule has 1 unspecified atom stereocenters. The van der Waals surface area contributed by atoms with E-state index in [0.717, 1.165) is 31.7 Å². The Hall–Kier alpha value is -2.34. The first-order valence-corrected chi connectivity index (χ1v) is 9.06. The number of halogens is 1. The molecule has 3 rings (SSSR count). The van der Waals surface area contributed by atoms with Crippen molar-refractivity contribution in [3.05, 3.63) is 45.3 Å². The quantitative estimate of drug-likeness (QED) is 0.825. The second-order valence-electron chi connectivity index (χ2n) is 6.51. The Balaban J connectivity index is 1.69. The summed E-state index contributed by atoms with van der Waals surface area (Å²) in [7, 11) is 0. The molecule has 1 saturated carbocycles. The highest BCUT2D eigenvalue weighted by Crippen LogP contribution is 2.19. The Morgan fingerprint density at radius 2 is 1.96 bits per heavy atom. The Labute approximate surface area is 155 Å². The lowest BCUT2D eigenvalue weighted by Gasteiger charge is -2.24. The fourth-order valence-electron chi connectivity index (χ4n) is 3.07. The fourth-order valence-corrected chi connectivity index (χ4v) is 3.24. The second-order valence-corrected chi connectivity index (χ2v) is 6.94. The first-order valence-electron chi connectivity index (χ1n) is 8.69. The number of hydrogen-bond acceptors (Lipinski definition) is 5. The number of carbonyl (C=O) groups excluding carboxylic acids is 2. The fraction of sp³-hybridized carbons (Fsp3) is 0.421. The molecule has 1 N–H and O–H groups in total. The number of benzene rings is 1. The van der Waals surface area contributed by atoms with Gasteiger partial charge in [0, 0.05) is 17.1 Å². The van der Waals surface area contributed by atoms with Crippen molar-refractivity contribution in [1.29, 1.82) is 0 Å². The number of nitrogens with one attached hydrogen (secondary N) is 1. The minimum Gasteiger partial charge on any atom is -0.449 e. The first-order chi connectivity index (χ1) is 12.4. The van der Waals surface area contributed by atoms with Crippen molar-refractivity contribution in [2.75, 3.05) is 0 Å². The van der Waals surface area contributed by atoms with Gasteiger partial charge in [-0.3, -0.25) is 9.59 Å². The number of carbonyl (C=O) groups is 2. The molecular formula is C19H20ClNO5. The van der Waals surface area contributed by atoms with Crippen molar-refractivity contribution < 1.29 is 18.7 Å². The summed E-state index contributed by atoms with van der Waals surface area (Å²) in [6, 6.07) is 5.71. The molecule has 26 heavy (non-hydrogen) atoms. The van der Waals surface area contributed by atoms with E-state index in [0.29, 0.717) is 5.02 Å². The highest BCUT2D eigenvalue weighted by molar-refractivity contribution is 6.31. The summed E-state index contributed by atoms with van der Waals surface area (Å²) in [5.41, 5.74) is -0.173. The number of esters is 1. The van der Waals surface area contributed by atoms with Gasteiger partial charge in [-0.15, -0.1) is 0 Å². The Bertz CT molecular complexity index is 885. The molecule has 2 aromatic rings. The van der Waals surface area contributed by atoms with E-state index >= 15 is 0 Å². The zero-order valence-corrected chi connectivity index (χ0v) is 15.2. The Kier molecular flexibility index (Phi) is 5.61. The van der Waals surface area contributed by atoms with Crippen molar-refractivity contribution in [1.82, 2.24) is 5.32 Å². The predicted molar refractivity (Wildman–Crippen MR) is 97.4 cm³/mol. The van der Waals surface area contributed by atoms with Gasteiger partial charge in [0.25, 0.3) is 5.91 Å². The average molecular weight is 378 g/mol. The molecule has 0 radical (unpaired) electrons. The van der Waals surface area contributed by atoms with E-state index in [1.54, 1.807) is 6.07 Å². The van der Waals surface area contributed by atoms with Gasteiger partial charge in [-0.2, -0.15) is 0 Å². The molecule has 1 aliphatic rings. The summed E-state index contributed by atoms with van der Waals surface area (Å²) in [4.78, 5) is 36.6. The summed E-state index contributed by atoms with van der Waals surface area (Å²) in [6.07, 6.45) is 4.26. The molecule has 1 aliphatic carbocycles. The third-order valence-corrected chi connectivity index (χ3v) is 4.73. The van der Waals surface area contributed by atoms with Crippen LogP contribution < -0.4 is 10.7 Å². The molecular weight excluding hydrogens is 358 g/mol. The average Bonchev–Trinajstić information content (AvgIpc) is 2.62. The van der Waals surface area contributed by atoms with Crippen molar-refractivity contribution in [3.63, 3.8) is 0 Å². The molecule has 0 bridgehead atoms. The molecule has 1 atom stereocenters. The van der Waals surface area contributed by atoms with E-state index in [4.69, 9.17) is 20.8 Å². The zero-order valence-electron chi connectivity index (χ0n) is 14.4. The number of hydrogen-bond donors (Lipinski definition) is 1. The topological polar surface area (TPSA) is 85.6 Å². The maximum atomic E-state index is 12.3. The maximum Gasteiger partial charge on any atom is 0.375 e. The Morgan fingerprint density at radius 3 is 2.69 bits per heavy atom. The van der Waals surface area contributed by atoms with Gasteiger partial charge in [-0.25, -0.2) is 4.79 Å². The number of amides is 1. The third-order valence-electron chi connectivity index (χ3n) is 4.49. The van der Waals surface area contributed by atoms with Crippen molar-refractivity contribution in [2.45, 2.75) is 51.2 Å². The van der Waals surface area contributed by atoms with Gasteiger partial charge >= 0.3 is 5.97 Å². The molecule has 0 aliphatic heterocycles. The maximum absolute atomic E-state index is 12.3. The van der Waals surface area contributed by atoms with E-state index in [9.17, 15) is 14.4 Å². The van der Waals surface area contributed by atoms with Crippen molar-refractivity contribution in [3.8, 4) is 0 Å². The molecule has 7 heteroatoms. The molecule has 1 aromatic carbocycles. The summed E-state index contributed by atoms with van der Waals surface area (Å²) in [5, 5.41) is 3.57. The smallest absolute Gasteiger partial charge is 0.375 e. The molecule has 1 aromatic heterocycles. The highest BCUT2D eigenvalue weighted by atomic mass is 35.5. The van der Waals surface area contributed by atoms with Crippen LogP contribution in [0.15, 0.2) is 33.5 Å². The van der Waals surface area contributed by atoms with E-state index in [1.807, 2.05) is 0 Å². The lowest BCUT2D eigenvalue weighted by Crippen LogP contribution is -2.42. The summed E-state index contributed by atoms with van der Waals surface area (Å²) in [6.45, 7) is 1.50. The van der Waals surface area contributed by atoms with Crippen LogP contribution in [0.3, 0.4) is 0 Å². The standard InChI is InChI=1S/C19H20ClNO5/c1-11(18(23)21-13-5-3-2-4-6-13)25-19(24)17-10-15(22)14-9-12(20)7-8-16(14)26-17/h7-11,13H,2-6H2,1H3,(H,21,23). The SMILES string of the molecule is CC(OC(=O)c1cc(=O)c2cc(Cl)ccc2o1)C(=O)NC1CCCCC1. The predicted octanol–water partition coefficient (Wildman–Crippen LogP) is 3.44. The lowest BCUT2D eigenvalue weighted by molar-refractivity contribution is -0.130. The van der Waals surface area contributed by atoms with Crippen LogP contribution in [0.2, 0.25) is 5.02 Å². The van der Waals surface area contributed by atoms with Crippen LogP contribution in [-0.2, 0) is 9.53 Å². The highest BCUT2D eigenvalue weighted by Gasteiger charge is 2.24. The summed E-state index contributed by atoms with van der Waals surface area (Å²) < 4.78 is 10.6. The normalized spacial score (nSPS) is 16.2. The number of ether oxygens (including phenoxy) is 1. The molecule has 1 heterocycles. The summed E-state index contributed by atoms with van der Waals surface area (Å²) in [5.74, 6) is -1.45. The van der Waals surface area contributed by atoms with Crippen LogP contribution in [0.4, 0.5) is 0 Å². The molecule has 1 amide bonds. The first kappa shape index (κ1) is 18.5. The van der Waals surface area contributed by atoms with Gasteiger partial charge in [0.15, 0.2) is 11.5 Å². The van der Waals surface area contributed by atoms with Crippen LogP contribution in [0.1, 0.15) is 49.6 Å². The van der Waals surface area contributed by atoms with Crippen LogP contribution in [0, 0.1) is 0 Å². The van der Waals surface area contributed by atoms with Crippen molar-refractivity contribution in [2.24, 2.45) is 0 Å². The van der Waals surface area contributed by atoms with Gasteiger partial charge in [-0.05, 0) is 38.0 Å². The zero-order chi connectivity index (χ0) is 18.7. The van der Waals surface area contributed by atoms with Crippen LogP contribution in [-0.4, -0.2) is 24.0 Å². The molecule has 138 valence electrons. The van der Waals surface area contributed by atoms with Gasteiger partial charge in [-0.1, -0.05) is 30.9 Å². The molecule has 0 saturated heterocycles. The number of fused-ring (bicyclic) bond motifs is 1. The van der Waals surface area contributed by atoms with E-state index in [-0.39, 0.29) is 28.7 Å². The van der Waals surface area contributed by atoms with Gasteiger partial charge in [0.1, 0.15) is 5.58 Å². The number of rotatable bonds is 4. The van der Waals surface area contributed by atoms with Crippen LogP contribution in [0.25, 0.3) is 11.0 Å². The van der Waals surface area contributed by atoms with E-state index in [1.165, 1.54) is 25.5 Å². The monoisotopic (exact) mass is 377 g/mol. The lowest BCUT2D eigenvalue weighted by atomic mass is 9.95. The molecule has 1 fully saturated rings. The summed E-state index contributed by atoms with van der Waals surface area (Å²) >= 11 is 5.86. The largest absolute Gasteiger partial charge is 0.449 e. The van der Waals surface area contributed by atoms with Gasteiger partial charge < -0.3 is 14.5 Å². The van der Waals surface area contributed by atoms with E-state index in [2.05, 4.69) is 5.32 Å². The van der Waals surface area contributed by atoms with Gasteiger partial charge in [0.2, 0.25) is 5.76 Å². The minimum atomic E-state index is -0.976. The minimum absolute atomic E-state index is 0.126. The third kappa shape index (κ3) is 4.25.